The second-order valence-corrected chi connectivity index (χ2v) is 7.59. The van der Waals surface area contributed by atoms with Crippen LogP contribution in [-0.4, -0.2) is 55.0 Å². The van der Waals surface area contributed by atoms with Crippen molar-refractivity contribution in [1.82, 2.24) is 9.80 Å². The lowest BCUT2D eigenvalue weighted by Gasteiger charge is -2.36. The highest BCUT2D eigenvalue weighted by atomic mass is 35.6. The maximum atomic E-state index is 8.51. The van der Waals surface area contributed by atoms with Crippen LogP contribution in [0.4, 0.5) is 0 Å². The van der Waals surface area contributed by atoms with E-state index in [1.165, 1.54) is 16.7 Å². The number of halogens is 2. The third-order valence-corrected chi connectivity index (χ3v) is 5.15. The summed E-state index contributed by atoms with van der Waals surface area (Å²) in [4.78, 5) is 4.61. The Morgan fingerprint density at radius 1 is 0.897 bits per heavy atom. The van der Waals surface area contributed by atoms with Gasteiger partial charge in [0.05, 0.1) is 23.7 Å². The van der Waals surface area contributed by atoms with Crippen LogP contribution in [0.1, 0.15) is 22.3 Å². The van der Waals surface area contributed by atoms with E-state index in [4.69, 9.17) is 10.1 Å². The van der Waals surface area contributed by atoms with Gasteiger partial charge in [0.15, 0.2) is 0 Å². The number of piperazine rings is 1. The number of hydrogen-bond donors (Lipinski definition) is 1. The minimum Gasteiger partial charge on any atom is -0.492 e. The molecule has 2 aromatic rings. The minimum absolute atomic E-state index is 0.648. The minimum atomic E-state index is 0.648. The van der Waals surface area contributed by atoms with E-state index in [1.807, 2.05) is 18.2 Å². The van der Waals surface area contributed by atoms with Crippen molar-refractivity contribution in [3.63, 3.8) is 0 Å². The number of aryl methyl sites for hydroxylation is 3. The van der Waals surface area contributed by atoms with Crippen LogP contribution in [0.5, 0.6) is 5.75 Å². The van der Waals surface area contributed by atoms with Crippen molar-refractivity contribution >= 4 is 29.6 Å². The molecule has 1 saturated heterocycles. The summed E-state index contributed by atoms with van der Waals surface area (Å²) in [7, 11) is 0. The smallest absolute Gasteiger partial charge is 0.128 e. The largest absolute Gasteiger partial charge is 0.492 e. The second-order valence-electron chi connectivity index (χ2n) is 7.12. The van der Waals surface area contributed by atoms with E-state index in [9.17, 15) is 0 Å². The second kappa shape index (κ2) is 12.0. The number of hydrogen-bond acceptors (Lipinski definition) is 4. The normalized spacial score (nSPS) is 14.2. The van der Waals surface area contributed by atoms with E-state index in [0.717, 1.165) is 44.0 Å². The Hall–Kier alpha value is -1.79. The molecular formula is C22H29Cl2N3O2. The number of nitrogens with zero attached hydrogens (tertiary/aromatic N) is 2. The molecule has 0 atom stereocenters. The van der Waals surface area contributed by atoms with Crippen LogP contribution >= 0.6 is 23.7 Å². The Morgan fingerprint density at radius 2 is 1.45 bits per heavy atom. The molecule has 0 spiro atoms. The van der Waals surface area contributed by atoms with Gasteiger partial charge >= 0.3 is 0 Å². The van der Waals surface area contributed by atoms with Gasteiger partial charge in [0.25, 0.3) is 0 Å². The lowest BCUT2D eigenvalue weighted by atomic mass is 10.1. The molecule has 5 nitrogen and oxygen atoms in total. The summed E-state index contributed by atoms with van der Waals surface area (Å²) >= 11 is 8.53. The van der Waals surface area contributed by atoms with Gasteiger partial charge in [0.2, 0.25) is 0 Å². The molecule has 0 radical (unpaired) electrons. The number of para-hydroxylation sites is 1. The van der Waals surface area contributed by atoms with E-state index < -0.39 is 0 Å². The van der Waals surface area contributed by atoms with E-state index in [2.05, 4.69) is 82.4 Å². The molecule has 1 aliphatic rings. The SMILES string of the molecule is Cc1ccccc1C(=N)N1CCN(CCOc2c(C)cccc2C)CC1.ClOCl. The van der Waals surface area contributed by atoms with Gasteiger partial charge in [-0.3, -0.25) is 10.3 Å². The van der Waals surface area contributed by atoms with Gasteiger partial charge < -0.3 is 9.64 Å². The first-order valence-corrected chi connectivity index (χ1v) is 10.3. The zero-order valence-electron chi connectivity index (χ0n) is 17.3. The van der Waals surface area contributed by atoms with Crippen molar-refractivity contribution in [3.8, 4) is 5.75 Å². The maximum absolute atomic E-state index is 8.51. The molecule has 0 bridgehead atoms. The Bertz CT molecular complexity index is 773. The molecule has 1 N–H and O–H groups in total. The van der Waals surface area contributed by atoms with E-state index in [-0.39, 0.29) is 0 Å². The van der Waals surface area contributed by atoms with Gasteiger partial charge in [-0.15, -0.1) is 0 Å². The van der Waals surface area contributed by atoms with Crippen LogP contribution in [0, 0.1) is 26.2 Å². The summed E-state index contributed by atoms with van der Waals surface area (Å²) in [5, 5.41) is 8.51. The molecular weight excluding hydrogens is 409 g/mol. The summed E-state index contributed by atoms with van der Waals surface area (Å²) in [6.45, 7) is 11.7. The molecule has 29 heavy (non-hydrogen) atoms. The van der Waals surface area contributed by atoms with Crippen LogP contribution in [-0.2, 0) is 3.84 Å². The number of ether oxygens (including phenoxy) is 1. The molecule has 7 heteroatoms. The molecule has 1 aliphatic heterocycles. The Kier molecular flexibility index (Phi) is 9.74. The maximum Gasteiger partial charge on any atom is 0.128 e. The molecule has 158 valence electrons. The fraction of sp³-hybridized carbons (Fsp3) is 0.409. The molecule has 1 fully saturated rings. The van der Waals surface area contributed by atoms with E-state index >= 15 is 0 Å². The van der Waals surface area contributed by atoms with E-state index in [0.29, 0.717) is 12.4 Å². The summed E-state index contributed by atoms with van der Waals surface area (Å²) in [6.07, 6.45) is 0. The van der Waals surface area contributed by atoms with Crippen LogP contribution in [0.3, 0.4) is 0 Å². The van der Waals surface area contributed by atoms with Crippen LogP contribution < -0.4 is 4.74 Å². The predicted molar refractivity (Wildman–Crippen MR) is 120 cm³/mol. The van der Waals surface area contributed by atoms with Crippen molar-refractivity contribution in [3.05, 3.63) is 64.7 Å². The van der Waals surface area contributed by atoms with Gasteiger partial charge in [0, 0.05) is 38.3 Å². The van der Waals surface area contributed by atoms with Crippen molar-refractivity contribution in [2.45, 2.75) is 20.8 Å². The summed E-state index contributed by atoms with van der Waals surface area (Å²) in [5.41, 5.74) is 4.60. The Morgan fingerprint density at radius 3 is 2.03 bits per heavy atom. The number of amidine groups is 1. The quantitative estimate of drug-likeness (QED) is 0.531. The fourth-order valence-corrected chi connectivity index (χ4v) is 3.51. The average Bonchev–Trinajstić information content (AvgIpc) is 2.71. The van der Waals surface area contributed by atoms with Crippen molar-refractivity contribution in [2.24, 2.45) is 0 Å². The van der Waals surface area contributed by atoms with Gasteiger partial charge in [0.1, 0.15) is 18.2 Å². The molecule has 0 amide bonds. The highest BCUT2D eigenvalue weighted by Gasteiger charge is 2.20. The molecule has 0 aromatic heterocycles. The number of rotatable bonds is 5. The number of benzene rings is 2. The number of nitrogens with one attached hydrogen (secondary N) is 1. The zero-order chi connectivity index (χ0) is 21.2. The van der Waals surface area contributed by atoms with Gasteiger partial charge in [-0.05, 0) is 37.5 Å². The highest BCUT2D eigenvalue weighted by molar-refractivity contribution is 6.24. The standard InChI is InChI=1S/C22H29N3O.Cl2O/c1-17-7-4-5-10-20(17)22(23)25-13-11-24(12-14-25)15-16-26-21-18(2)8-6-9-19(21)3;1-3-2/h4-10,23H,11-16H2,1-3H3;. The van der Waals surface area contributed by atoms with Crippen molar-refractivity contribution in [1.29, 1.82) is 5.41 Å². The zero-order valence-corrected chi connectivity index (χ0v) is 18.8. The predicted octanol–water partition coefficient (Wildman–Crippen LogP) is 4.94. The average molecular weight is 438 g/mol. The molecule has 0 aliphatic carbocycles. The van der Waals surface area contributed by atoms with Gasteiger partial charge in [-0.1, -0.05) is 42.5 Å². The molecule has 0 saturated carbocycles. The first-order valence-electron chi connectivity index (χ1n) is 9.68. The Labute approximate surface area is 184 Å². The lowest BCUT2D eigenvalue weighted by molar-refractivity contribution is 0.153. The van der Waals surface area contributed by atoms with Crippen LogP contribution in [0.2, 0.25) is 0 Å². The highest BCUT2D eigenvalue weighted by Crippen LogP contribution is 2.22. The third kappa shape index (κ3) is 6.89. The summed E-state index contributed by atoms with van der Waals surface area (Å²) in [5.74, 6) is 1.67. The first kappa shape index (κ1) is 23.5. The van der Waals surface area contributed by atoms with Gasteiger partial charge in [-0.2, -0.15) is 3.84 Å². The molecule has 0 unspecified atom stereocenters. The molecule has 3 rings (SSSR count). The fourth-order valence-electron chi connectivity index (χ4n) is 3.51. The van der Waals surface area contributed by atoms with Gasteiger partial charge in [-0.25, -0.2) is 0 Å². The molecule has 1 heterocycles. The van der Waals surface area contributed by atoms with E-state index in [1.54, 1.807) is 0 Å². The third-order valence-electron chi connectivity index (χ3n) is 5.15. The topological polar surface area (TPSA) is 48.8 Å². The van der Waals surface area contributed by atoms with Crippen molar-refractivity contribution < 1.29 is 8.58 Å². The molecule has 2 aromatic carbocycles. The summed E-state index contributed by atoms with van der Waals surface area (Å²) in [6, 6.07) is 14.4. The summed E-state index contributed by atoms with van der Waals surface area (Å²) < 4.78 is 9.23. The lowest BCUT2D eigenvalue weighted by Crippen LogP contribution is -2.49. The van der Waals surface area contributed by atoms with Crippen LogP contribution in [0.15, 0.2) is 42.5 Å². The monoisotopic (exact) mass is 437 g/mol. The van der Waals surface area contributed by atoms with Crippen molar-refractivity contribution in [2.75, 3.05) is 39.3 Å². The van der Waals surface area contributed by atoms with Crippen LogP contribution in [0.25, 0.3) is 0 Å². The Balaban J connectivity index is 0.000000941. The first-order chi connectivity index (χ1) is 14.0.